The van der Waals surface area contributed by atoms with Gasteiger partial charge in [0.1, 0.15) is 17.6 Å². The second-order valence-corrected chi connectivity index (χ2v) is 6.49. The Morgan fingerprint density at radius 2 is 1.80 bits per heavy atom. The van der Waals surface area contributed by atoms with Crippen LogP contribution in [0.15, 0.2) is 16.5 Å². The zero-order chi connectivity index (χ0) is 14.4. The highest BCUT2D eigenvalue weighted by molar-refractivity contribution is 5.18. The summed E-state index contributed by atoms with van der Waals surface area (Å²) in [6, 6.07) is 4.02. The first-order valence-electron chi connectivity index (χ1n) is 8.50. The average molecular weight is 278 g/mol. The molecule has 0 spiro atoms. The van der Waals surface area contributed by atoms with Crippen LogP contribution < -0.4 is 0 Å². The number of hydrogen-bond acceptors (Lipinski definition) is 2. The summed E-state index contributed by atoms with van der Waals surface area (Å²) in [5.41, 5.74) is 0. The molecule has 0 aliphatic heterocycles. The van der Waals surface area contributed by atoms with Crippen LogP contribution in [0.5, 0.6) is 0 Å². The number of unbranched alkanes of at least 4 members (excludes halogenated alkanes) is 6. The Labute approximate surface area is 123 Å². The van der Waals surface area contributed by atoms with Crippen LogP contribution in [0.25, 0.3) is 0 Å². The van der Waals surface area contributed by atoms with E-state index in [0.717, 1.165) is 30.3 Å². The van der Waals surface area contributed by atoms with Crippen LogP contribution in [0.4, 0.5) is 0 Å². The zero-order valence-corrected chi connectivity index (χ0v) is 13.1. The van der Waals surface area contributed by atoms with Gasteiger partial charge in [-0.05, 0) is 30.9 Å². The Balaban J connectivity index is 1.60. The van der Waals surface area contributed by atoms with Crippen molar-refractivity contribution in [2.75, 3.05) is 0 Å². The summed E-state index contributed by atoms with van der Waals surface area (Å²) in [5, 5.41) is 10.1. The van der Waals surface area contributed by atoms with Crippen molar-refractivity contribution in [3.63, 3.8) is 0 Å². The monoisotopic (exact) mass is 278 g/mol. The molecule has 0 amide bonds. The van der Waals surface area contributed by atoms with E-state index in [-0.39, 0.29) is 0 Å². The van der Waals surface area contributed by atoms with Gasteiger partial charge in [-0.25, -0.2) is 0 Å². The standard InChI is InChI=1S/C18H30O2/c1-3-4-5-6-7-8-9-10-16(19)18-12-11-17(20-18)15-13-14(15)2/h11-12,14-16,19H,3-10,13H2,1-2H3. The Morgan fingerprint density at radius 1 is 1.15 bits per heavy atom. The second-order valence-electron chi connectivity index (χ2n) is 6.49. The molecule has 3 atom stereocenters. The second kappa shape index (κ2) is 7.87. The summed E-state index contributed by atoms with van der Waals surface area (Å²) in [6.07, 6.45) is 10.7. The molecule has 1 N–H and O–H groups in total. The molecule has 20 heavy (non-hydrogen) atoms. The molecular weight excluding hydrogens is 248 g/mol. The summed E-state index contributed by atoms with van der Waals surface area (Å²) in [7, 11) is 0. The van der Waals surface area contributed by atoms with Crippen LogP contribution in [0.3, 0.4) is 0 Å². The molecule has 0 saturated heterocycles. The molecule has 1 aliphatic carbocycles. The molecule has 114 valence electrons. The van der Waals surface area contributed by atoms with E-state index in [1.807, 2.05) is 6.07 Å². The van der Waals surface area contributed by atoms with E-state index < -0.39 is 6.10 Å². The number of aliphatic hydroxyl groups excluding tert-OH is 1. The van der Waals surface area contributed by atoms with E-state index >= 15 is 0 Å². The lowest BCUT2D eigenvalue weighted by Gasteiger charge is -2.07. The molecule has 0 aromatic carbocycles. The highest BCUT2D eigenvalue weighted by Crippen LogP contribution is 2.47. The Bertz CT molecular complexity index is 383. The minimum atomic E-state index is -0.409. The van der Waals surface area contributed by atoms with Crippen molar-refractivity contribution in [2.24, 2.45) is 5.92 Å². The molecular formula is C18H30O2. The van der Waals surface area contributed by atoms with Crippen LogP contribution >= 0.6 is 0 Å². The maximum Gasteiger partial charge on any atom is 0.132 e. The van der Waals surface area contributed by atoms with Crippen LogP contribution in [0.1, 0.15) is 95.2 Å². The van der Waals surface area contributed by atoms with Crippen LogP contribution in [0, 0.1) is 5.92 Å². The van der Waals surface area contributed by atoms with Gasteiger partial charge in [0.05, 0.1) is 0 Å². The third-order valence-electron chi connectivity index (χ3n) is 4.53. The van der Waals surface area contributed by atoms with Gasteiger partial charge in [0.15, 0.2) is 0 Å². The summed E-state index contributed by atoms with van der Waals surface area (Å²) < 4.78 is 5.80. The molecule has 1 aromatic heterocycles. The third-order valence-corrected chi connectivity index (χ3v) is 4.53. The maximum absolute atomic E-state index is 10.1. The van der Waals surface area contributed by atoms with Gasteiger partial charge in [-0.2, -0.15) is 0 Å². The Kier molecular flexibility index (Phi) is 6.15. The van der Waals surface area contributed by atoms with Gasteiger partial charge in [0.25, 0.3) is 0 Å². The van der Waals surface area contributed by atoms with E-state index in [4.69, 9.17) is 4.42 Å². The largest absolute Gasteiger partial charge is 0.463 e. The van der Waals surface area contributed by atoms with Crippen molar-refractivity contribution in [3.05, 3.63) is 23.7 Å². The summed E-state index contributed by atoms with van der Waals surface area (Å²) >= 11 is 0. The minimum absolute atomic E-state index is 0.409. The fraction of sp³-hybridized carbons (Fsp3) is 0.778. The molecule has 1 heterocycles. The first kappa shape index (κ1) is 15.6. The molecule has 1 saturated carbocycles. The lowest BCUT2D eigenvalue weighted by molar-refractivity contribution is 0.135. The van der Waals surface area contributed by atoms with Crippen LogP contribution in [-0.4, -0.2) is 5.11 Å². The van der Waals surface area contributed by atoms with E-state index in [1.54, 1.807) is 0 Å². The molecule has 1 aromatic rings. The number of furan rings is 1. The van der Waals surface area contributed by atoms with E-state index in [1.165, 1.54) is 44.9 Å². The Morgan fingerprint density at radius 3 is 2.45 bits per heavy atom. The SMILES string of the molecule is CCCCCCCCCC(O)c1ccc(C2CC2C)o1. The third kappa shape index (κ3) is 4.66. The molecule has 1 aliphatic rings. The molecule has 2 rings (SSSR count). The fourth-order valence-corrected chi connectivity index (χ4v) is 2.90. The van der Waals surface area contributed by atoms with E-state index in [2.05, 4.69) is 19.9 Å². The van der Waals surface area contributed by atoms with Crippen molar-refractivity contribution in [3.8, 4) is 0 Å². The van der Waals surface area contributed by atoms with Crippen molar-refractivity contribution >= 4 is 0 Å². The van der Waals surface area contributed by atoms with E-state index in [9.17, 15) is 5.11 Å². The minimum Gasteiger partial charge on any atom is -0.463 e. The molecule has 0 bridgehead atoms. The normalized spacial score (nSPS) is 22.9. The van der Waals surface area contributed by atoms with Gasteiger partial charge in [-0.1, -0.05) is 58.8 Å². The van der Waals surface area contributed by atoms with Gasteiger partial charge < -0.3 is 9.52 Å². The van der Waals surface area contributed by atoms with Gasteiger partial charge in [0.2, 0.25) is 0 Å². The highest BCUT2D eigenvalue weighted by atomic mass is 16.4. The van der Waals surface area contributed by atoms with Gasteiger partial charge >= 0.3 is 0 Å². The molecule has 3 unspecified atom stereocenters. The topological polar surface area (TPSA) is 33.4 Å². The highest BCUT2D eigenvalue weighted by Gasteiger charge is 2.36. The van der Waals surface area contributed by atoms with Crippen LogP contribution in [-0.2, 0) is 0 Å². The summed E-state index contributed by atoms with van der Waals surface area (Å²) in [4.78, 5) is 0. The molecule has 2 nitrogen and oxygen atoms in total. The zero-order valence-electron chi connectivity index (χ0n) is 13.1. The predicted molar refractivity (Wildman–Crippen MR) is 82.8 cm³/mol. The van der Waals surface area contributed by atoms with Gasteiger partial charge in [0, 0.05) is 5.92 Å². The predicted octanol–water partition coefficient (Wildman–Crippen LogP) is 5.58. The van der Waals surface area contributed by atoms with Crippen LogP contribution in [0.2, 0.25) is 0 Å². The lowest BCUT2D eigenvalue weighted by Crippen LogP contribution is -1.95. The Hall–Kier alpha value is -0.760. The maximum atomic E-state index is 10.1. The first-order chi connectivity index (χ1) is 9.72. The quantitative estimate of drug-likeness (QED) is 0.567. The summed E-state index contributed by atoms with van der Waals surface area (Å²) in [6.45, 7) is 4.50. The number of aliphatic hydroxyl groups is 1. The molecule has 2 heteroatoms. The van der Waals surface area contributed by atoms with E-state index in [0.29, 0.717) is 5.92 Å². The number of rotatable bonds is 10. The first-order valence-corrected chi connectivity index (χ1v) is 8.50. The molecule has 1 fully saturated rings. The number of hydrogen-bond donors (Lipinski definition) is 1. The smallest absolute Gasteiger partial charge is 0.132 e. The van der Waals surface area contributed by atoms with Crippen molar-refractivity contribution < 1.29 is 9.52 Å². The van der Waals surface area contributed by atoms with Gasteiger partial charge in [-0.15, -0.1) is 0 Å². The molecule has 0 radical (unpaired) electrons. The van der Waals surface area contributed by atoms with Gasteiger partial charge in [-0.3, -0.25) is 0 Å². The fourth-order valence-electron chi connectivity index (χ4n) is 2.90. The van der Waals surface area contributed by atoms with Crippen molar-refractivity contribution in [1.29, 1.82) is 0 Å². The van der Waals surface area contributed by atoms with Crippen molar-refractivity contribution in [1.82, 2.24) is 0 Å². The summed E-state index contributed by atoms with van der Waals surface area (Å²) in [5.74, 6) is 3.21. The average Bonchev–Trinajstić information content (AvgIpc) is 2.98. The lowest BCUT2D eigenvalue weighted by atomic mass is 10.1. The van der Waals surface area contributed by atoms with Crippen molar-refractivity contribution in [2.45, 2.75) is 83.7 Å².